The van der Waals surface area contributed by atoms with Crippen molar-refractivity contribution in [2.45, 2.75) is 19.0 Å². The molecule has 3 aliphatic rings. The number of nitrogens with zero attached hydrogens (tertiary/aromatic N) is 3. The fourth-order valence-electron chi connectivity index (χ4n) is 5.05. The van der Waals surface area contributed by atoms with Gasteiger partial charge in [-0.1, -0.05) is 48.5 Å². The summed E-state index contributed by atoms with van der Waals surface area (Å²) in [7, 11) is 2.00. The number of piperazine rings is 1. The van der Waals surface area contributed by atoms with Gasteiger partial charge in [-0.2, -0.15) is 0 Å². The smallest absolute Gasteiger partial charge is 0.331 e. The zero-order valence-corrected chi connectivity index (χ0v) is 16.9. The number of urea groups is 1. The van der Waals surface area contributed by atoms with Crippen LogP contribution in [0.15, 0.2) is 54.6 Å². The third-order valence-corrected chi connectivity index (χ3v) is 6.60. The molecule has 2 fully saturated rings. The van der Waals surface area contributed by atoms with E-state index < -0.39 is 23.3 Å². The summed E-state index contributed by atoms with van der Waals surface area (Å²) in [6, 6.07) is 16.4. The maximum Gasteiger partial charge on any atom is 0.331 e. The number of amides is 4. The van der Waals surface area contributed by atoms with Gasteiger partial charge in [-0.3, -0.25) is 19.8 Å². The van der Waals surface area contributed by atoms with Crippen molar-refractivity contribution in [1.82, 2.24) is 15.1 Å². The fraction of sp³-hybridized carbons (Fsp3) is 0.348. The van der Waals surface area contributed by atoms with Crippen LogP contribution in [0.1, 0.15) is 11.1 Å². The number of anilines is 1. The third-order valence-electron chi connectivity index (χ3n) is 6.60. The second-order valence-corrected chi connectivity index (χ2v) is 8.38. The van der Waals surface area contributed by atoms with Crippen LogP contribution in [0.5, 0.6) is 0 Å². The van der Waals surface area contributed by atoms with Gasteiger partial charge < -0.3 is 9.80 Å². The summed E-state index contributed by atoms with van der Waals surface area (Å²) in [5.74, 6) is -0.887. The number of rotatable bonds is 2. The quantitative estimate of drug-likeness (QED) is 0.771. The predicted octanol–water partition coefficient (Wildman–Crippen LogP) is 1.63. The Balaban J connectivity index is 1.60. The molecule has 0 unspecified atom stereocenters. The van der Waals surface area contributed by atoms with Crippen LogP contribution in [0.3, 0.4) is 0 Å². The normalized spacial score (nSPS) is 26.4. The lowest BCUT2D eigenvalue weighted by Gasteiger charge is -2.55. The Morgan fingerprint density at radius 3 is 2.53 bits per heavy atom. The fourth-order valence-corrected chi connectivity index (χ4v) is 5.05. The Labute approximate surface area is 175 Å². The molecular weight excluding hydrogens is 380 g/mol. The number of barbiturate groups is 1. The van der Waals surface area contributed by atoms with E-state index in [4.69, 9.17) is 0 Å². The summed E-state index contributed by atoms with van der Waals surface area (Å²) in [6.07, 6.45) is 0.293. The van der Waals surface area contributed by atoms with Gasteiger partial charge in [-0.05, 0) is 30.7 Å². The molecule has 0 saturated carbocycles. The lowest BCUT2D eigenvalue weighted by Crippen LogP contribution is -2.74. The van der Waals surface area contributed by atoms with E-state index in [1.807, 2.05) is 55.6 Å². The molecule has 2 aromatic carbocycles. The lowest BCUT2D eigenvalue weighted by atomic mass is 9.67. The second kappa shape index (κ2) is 6.95. The summed E-state index contributed by atoms with van der Waals surface area (Å²) < 4.78 is 0. The number of fused-ring (bicyclic) bond motifs is 4. The van der Waals surface area contributed by atoms with Gasteiger partial charge in [-0.15, -0.1) is 0 Å². The zero-order valence-electron chi connectivity index (χ0n) is 16.9. The van der Waals surface area contributed by atoms with Crippen LogP contribution in [0.4, 0.5) is 10.5 Å². The minimum Gasteiger partial charge on any atom is -0.364 e. The van der Waals surface area contributed by atoms with Crippen LogP contribution in [0.2, 0.25) is 0 Å². The number of carbonyl (C=O) groups excluding carboxylic acids is 3. The van der Waals surface area contributed by atoms with Crippen molar-refractivity contribution in [1.29, 1.82) is 0 Å². The molecule has 30 heavy (non-hydrogen) atoms. The molecule has 1 spiro atoms. The van der Waals surface area contributed by atoms with Gasteiger partial charge in [0.1, 0.15) is 0 Å². The average Bonchev–Trinajstić information content (AvgIpc) is 2.76. The monoisotopic (exact) mass is 404 g/mol. The Bertz CT molecular complexity index is 1020. The Morgan fingerprint density at radius 2 is 1.73 bits per heavy atom. The number of hydrogen-bond donors (Lipinski definition) is 1. The molecule has 2 aromatic rings. The standard InChI is InChI=1S/C23H24N4O3/c1-25-11-12-26-18-10-6-5-9-17(18)13-23(19(26)15-25)20(28)24-22(30)27(21(23)29)14-16-7-3-2-4-8-16/h2-10,19H,11-15H2,1H3,(H,24,28,30)/t19-,23+/m0/s1. The Hall–Kier alpha value is -3.19. The highest BCUT2D eigenvalue weighted by Crippen LogP contribution is 2.45. The molecule has 3 heterocycles. The van der Waals surface area contributed by atoms with E-state index in [9.17, 15) is 14.4 Å². The van der Waals surface area contributed by atoms with Gasteiger partial charge in [0.2, 0.25) is 11.8 Å². The number of hydrogen-bond acceptors (Lipinski definition) is 5. The van der Waals surface area contributed by atoms with Crippen molar-refractivity contribution < 1.29 is 14.4 Å². The molecule has 0 radical (unpaired) electrons. The van der Waals surface area contributed by atoms with Crippen molar-refractivity contribution in [3.05, 3.63) is 65.7 Å². The first kappa shape index (κ1) is 18.8. The van der Waals surface area contributed by atoms with Gasteiger partial charge in [0.15, 0.2) is 5.41 Å². The molecule has 2 atom stereocenters. The summed E-state index contributed by atoms with van der Waals surface area (Å²) >= 11 is 0. The highest BCUT2D eigenvalue weighted by molar-refractivity contribution is 6.20. The molecule has 3 aliphatic heterocycles. The second-order valence-electron chi connectivity index (χ2n) is 8.38. The molecule has 0 bridgehead atoms. The van der Waals surface area contributed by atoms with Gasteiger partial charge in [0.25, 0.3) is 0 Å². The van der Waals surface area contributed by atoms with E-state index in [0.29, 0.717) is 13.0 Å². The minimum atomic E-state index is -1.33. The van der Waals surface area contributed by atoms with Crippen LogP contribution in [0, 0.1) is 5.41 Å². The first-order valence-corrected chi connectivity index (χ1v) is 10.2. The third kappa shape index (κ3) is 2.73. The van der Waals surface area contributed by atoms with E-state index in [1.165, 1.54) is 4.90 Å². The van der Waals surface area contributed by atoms with E-state index in [2.05, 4.69) is 21.2 Å². The van der Waals surface area contributed by atoms with E-state index in [1.54, 1.807) is 0 Å². The van der Waals surface area contributed by atoms with Crippen molar-refractivity contribution in [3.8, 4) is 0 Å². The molecule has 7 heteroatoms. The number of nitrogens with one attached hydrogen (secondary N) is 1. The topological polar surface area (TPSA) is 73.0 Å². The molecule has 154 valence electrons. The molecule has 1 N–H and O–H groups in total. The summed E-state index contributed by atoms with van der Waals surface area (Å²) in [5.41, 5.74) is 1.56. The van der Waals surface area contributed by atoms with E-state index >= 15 is 0 Å². The average molecular weight is 404 g/mol. The number of imide groups is 2. The predicted molar refractivity (Wildman–Crippen MR) is 112 cm³/mol. The minimum absolute atomic E-state index is 0.144. The SMILES string of the molecule is CN1CCN2c3ccccc3C[C@]3(C(=O)NC(=O)N(Cc4ccccc4)C3=O)[C@@H]2C1. The van der Waals surface area contributed by atoms with Crippen molar-refractivity contribution >= 4 is 23.5 Å². The molecule has 5 rings (SSSR count). The van der Waals surface area contributed by atoms with Gasteiger partial charge in [-0.25, -0.2) is 4.79 Å². The maximum atomic E-state index is 13.9. The van der Waals surface area contributed by atoms with Crippen LogP contribution < -0.4 is 10.2 Å². The number of likely N-dealkylation sites (N-methyl/N-ethyl adjacent to an activating group) is 1. The van der Waals surface area contributed by atoms with E-state index in [-0.39, 0.29) is 12.6 Å². The lowest BCUT2D eigenvalue weighted by molar-refractivity contribution is -0.154. The molecule has 2 saturated heterocycles. The number of para-hydroxylation sites is 1. The van der Waals surface area contributed by atoms with Crippen molar-refractivity contribution in [2.75, 3.05) is 31.6 Å². The van der Waals surface area contributed by atoms with Crippen LogP contribution in [-0.4, -0.2) is 60.4 Å². The molecule has 0 aliphatic carbocycles. The van der Waals surface area contributed by atoms with E-state index in [0.717, 1.165) is 29.9 Å². The van der Waals surface area contributed by atoms with Crippen LogP contribution in [0.25, 0.3) is 0 Å². The number of carbonyl (C=O) groups is 3. The number of benzene rings is 2. The van der Waals surface area contributed by atoms with Crippen molar-refractivity contribution in [2.24, 2.45) is 5.41 Å². The summed E-state index contributed by atoms with van der Waals surface area (Å²) in [4.78, 5) is 45.4. The molecular formula is C23H24N4O3. The maximum absolute atomic E-state index is 13.9. The summed E-state index contributed by atoms with van der Waals surface area (Å²) in [5, 5.41) is 2.50. The first-order chi connectivity index (χ1) is 14.5. The van der Waals surface area contributed by atoms with Crippen molar-refractivity contribution in [3.63, 3.8) is 0 Å². The largest absolute Gasteiger partial charge is 0.364 e. The van der Waals surface area contributed by atoms with Gasteiger partial charge in [0, 0.05) is 25.3 Å². The Kier molecular flexibility index (Phi) is 4.36. The highest BCUT2D eigenvalue weighted by Gasteiger charge is 2.62. The summed E-state index contributed by atoms with van der Waals surface area (Å²) in [6.45, 7) is 2.31. The van der Waals surface area contributed by atoms with Gasteiger partial charge in [0.05, 0.1) is 12.6 Å². The molecule has 7 nitrogen and oxygen atoms in total. The van der Waals surface area contributed by atoms with Crippen LogP contribution in [-0.2, 0) is 22.6 Å². The molecule has 4 amide bonds. The Morgan fingerprint density at radius 1 is 1.00 bits per heavy atom. The highest BCUT2D eigenvalue weighted by atomic mass is 16.2. The molecule has 0 aromatic heterocycles. The van der Waals surface area contributed by atoms with Crippen LogP contribution >= 0.6 is 0 Å². The zero-order chi connectivity index (χ0) is 20.9. The van der Waals surface area contributed by atoms with Gasteiger partial charge >= 0.3 is 6.03 Å². The first-order valence-electron chi connectivity index (χ1n) is 10.2.